The number of amides is 2. The maximum atomic E-state index is 12.9. The molecular weight excluding hydrogens is 482 g/mol. The highest BCUT2D eigenvalue weighted by Gasteiger charge is 2.30. The topological polar surface area (TPSA) is 109 Å². The van der Waals surface area contributed by atoms with Gasteiger partial charge in [-0.15, -0.1) is 0 Å². The van der Waals surface area contributed by atoms with Gasteiger partial charge in [0, 0.05) is 43.9 Å². The van der Waals surface area contributed by atoms with E-state index in [1.54, 1.807) is 32.5 Å². The van der Waals surface area contributed by atoms with E-state index in [0.717, 1.165) is 30.6 Å². The molecule has 0 bridgehead atoms. The van der Waals surface area contributed by atoms with Crippen LogP contribution in [0.1, 0.15) is 35.8 Å². The first-order valence-electron chi connectivity index (χ1n) is 11.9. The van der Waals surface area contributed by atoms with E-state index < -0.39 is 0 Å². The number of hydrogen-bond donors (Lipinski definition) is 3. The van der Waals surface area contributed by atoms with Crippen molar-refractivity contribution in [2.24, 2.45) is 0 Å². The molecule has 0 saturated carbocycles. The Hall–Kier alpha value is -3.72. The maximum Gasteiger partial charge on any atom is 0.255 e. The lowest BCUT2D eigenvalue weighted by Gasteiger charge is -2.24. The number of hydrogen-bond acceptors (Lipinski definition) is 6. The molecule has 3 aromatic rings. The number of methoxy groups -OCH3 is 1. The predicted octanol–water partition coefficient (Wildman–Crippen LogP) is 4.16. The molecule has 36 heavy (non-hydrogen) atoms. The van der Waals surface area contributed by atoms with E-state index in [0.29, 0.717) is 58.7 Å². The first-order chi connectivity index (χ1) is 17.5. The number of nitrogens with zero attached hydrogens (tertiary/aromatic N) is 2. The molecule has 5 rings (SSSR count). The third-order valence-electron chi connectivity index (χ3n) is 6.66. The number of carbonyl (C=O) groups is 2. The number of carbonyl (C=O) groups excluding carboxylic acids is 2. The van der Waals surface area contributed by atoms with Crippen molar-refractivity contribution in [1.82, 2.24) is 20.2 Å². The summed E-state index contributed by atoms with van der Waals surface area (Å²) in [5, 5.41) is 6.77. The van der Waals surface area contributed by atoms with Gasteiger partial charge in [0.1, 0.15) is 12.4 Å². The lowest BCUT2D eigenvalue weighted by atomic mass is 10.0. The SMILES string of the molecule is COc1c(Cl)cccc1Nc1c(-c2ccncc2OC[C@H]2CCCN2C(C)=O)[nH]c2c1C(=O)NCC2. The van der Waals surface area contributed by atoms with Crippen LogP contribution in [0.25, 0.3) is 11.3 Å². The van der Waals surface area contributed by atoms with Gasteiger partial charge >= 0.3 is 0 Å². The number of rotatable bonds is 7. The number of pyridine rings is 1. The number of anilines is 2. The number of aromatic amines is 1. The van der Waals surface area contributed by atoms with Crippen LogP contribution in [-0.2, 0) is 11.2 Å². The van der Waals surface area contributed by atoms with Gasteiger partial charge in [0.15, 0.2) is 5.75 Å². The van der Waals surface area contributed by atoms with Gasteiger partial charge in [-0.1, -0.05) is 17.7 Å². The zero-order valence-electron chi connectivity index (χ0n) is 20.2. The van der Waals surface area contributed by atoms with E-state index >= 15 is 0 Å². The van der Waals surface area contributed by atoms with Crippen LogP contribution in [0.3, 0.4) is 0 Å². The van der Waals surface area contributed by atoms with Gasteiger partial charge in [-0.05, 0) is 31.0 Å². The molecule has 9 nitrogen and oxygen atoms in total. The minimum Gasteiger partial charge on any atom is -0.493 e. The average molecular weight is 510 g/mol. The van der Waals surface area contributed by atoms with E-state index in [1.165, 1.54) is 0 Å². The molecule has 1 aromatic carbocycles. The molecule has 2 amide bonds. The van der Waals surface area contributed by atoms with Gasteiger partial charge in [-0.2, -0.15) is 0 Å². The van der Waals surface area contributed by atoms with E-state index in [4.69, 9.17) is 21.1 Å². The zero-order chi connectivity index (χ0) is 25.2. The lowest BCUT2D eigenvalue weighted by Crippen LogP contribution is -2.37. The fourth-order valence-electron chi connectivity index (χ4n) is 4.97. The third kappa shape index (κ3) is 4.46. The second-order valence-corrected chi connectivity index (χ2v) is 9.28. The van der Waals surface area contributed by atoms with Crippen molar-refractivity contribution >= 4 is 34.8 Å². The number of halogens is 1. The van der Waals surface area contributed by atoms with Crippen LogP contribution in [0, 0.1) is 0 Å². The van der Waals surface area contributed by atoms with Gasteiger partial charge < -0.3 is 30.0 Å². The number of fused-ring (bicyclic) bond motifs is 1. The van der Waals surface area contributed by atoms with Gasteiger partial charge in [0.25, 0.3) is 5.91 Å². The Morgan fingerprint density at radius 2 is 2.19 bits per heavy atom. The molecule has 4 heterocycles. The second kappa shape index (κ2) is 10.1. The van der Waals surface area contributed by atoms with Gasteiger partial charge in [-0.25, -0.2) is 0 Å². The first-order valence-corrected chi connectivity index (χ1v) is 12.3. The normalized spacial score (nSPS) is 16.9. The van der Waals surface area contributed by atoms with Crippen molar-refractivity contribution in [1.29, 1.82) is 0 Å². The molecular formula is C26H28ClN5O4. The summed E-state index contributed by atoms with van der Waals surface area (Å²) in [7, 11) is 1.55. The van der Waals surface area contributed by atoms with E-state index in [1.807, 2.05) is 23.1 Å². The molecule has 1 fully saturated rings. The highest BCUT2D eigenvalue weighted by molar-refractivity contribution is 6.32. The van der Waals surface area contributed by atoms with Crippen LogP contribution in [0.15, 0.2) is 36.7 Å². The van der Waals surface area contributed by atoms with Crippen LogP contribution >= 0.6 is 11.6 Å². The third-order valence-corrected chi connectivity index (χ3v) is 6.96. The van der Waals surface area contributed by atoms with Gasteiger partial charge in [0.2, 0.25) is 5.91 Å². The Morgan fingerprint density at radius 1 is 1.33 bits per heavy atom. The zero-order valence-corrected chi connectivity index (χ0v) is 20.9. The van der Waals surface area contributed by atoms with Crippen LogP contribution in [-0.4, -0.2) is 59.5 Å². The quantitative estimate of drug-likeness (QED) is 0.441. The molecule has 3 N–H and O–H groups in total. The van der Waals surface area contributed by atoms with Crippen molar-refractivity contribution in [2.75, 3.05) is 32.1 Å². The fourth-order valence-corrected chi connectivity index (χ4v) is 5.22. The van der Waals surface area contributed by atoms with Crippen LogP contribution in [0.4, 0.5) is 11.4 Å². The van der Waals surface area contributed by atoms with Crippen LogP contribution in [0.2, 0.25) is 5.02 Å². The maximum absolute atomic E-state index is 12.9. The Labute approximate surface area is 214 Å². The number of nitrogens with one attached hydrogen (secondary N) is 3. The fraction of sp³-hybridized carbons (Fsp3) is 0.346. The minimum absolute atomic E-state index is 0.0199. The number of aromatic nitrogens is 2. The van der Waals surface area contributed by atoms with Crippen molar-refractivity contribution in [3.63, 3.8) is 0 Å². The Kier molecular flexibility index (Phi) is 6.73. The summed E-state index contributed by atoms with van der Waals surface area (Å²) in [4.78, 5) is 34.5. The predicted molar refractivity (Wildman–Crippen MR) is 137 cm³/mol. The van der Waals surface area contributed by atoms with E-state index in [-0.39, 0.29) is 17.9 Å². The summed E-state index contributed by atoms with van der Waals surface area (Å²) in [5.41, 5.74) is 4.06. The molecule has 1 saturated heterocycles. The van der Waals surface area contributed by atoms with E-state index in [9.17, 15) is 9.59 Å². The van der Waals surface area contributed by atoms with Gasteiger partial charge in [0.05, 0.1) is 47.0 Å². The number of benzene rings is 1. The van der Waals surface area contributed by atoms with Crippen molar-refractivity contribution in [3.8, 4) is 22.8 Å². The molecule has 2 aliphatic heterocycles. The van der Waals surface area contributed by atoms with E-state index in [2.05, 4.69) is 20.6 Å². The van der Waals surface area contributed by atoms with Crippen molar-refractivity contribution in [3.05, 3.63) is 52.9 Å². The monoisotopic (exact) mass is 509 g/mol. The Morgan fingerprint density at radius 3 is 3.00 bits per heavy atom. The standard InChI is InChI=1S/C26H28ClN5O4/c1-15(33)32-12-4-5-16(32)14-36-21-13-28-10-8-17(21)23-24(22-19(30-23)9-11-29-26(22)34)31-20-7-3-6-18(27)25(20)35-2/h3,6-8,10,13,16,30-31H,4-5,9,11-12,14H2,1-2H3,(H,29,34)/t16-/m1/s1. The first kappa shape index (κ1) is 24.0. The summed E-state index contributed by atoms with van der Waals surface area (Å²) in [5.74, 6) is 0.931. The van der Waals surface area contributed by atoms with Crippen molar-refractivity contribution in [2.45, 2.75) is 32.2 Å². The summed E-state index contributed by atoms with van der Waals surface area (Å²) < 4.78 is 11.8. The second-order valence-electron chi connectivity index (χ2n) is 8.87. The summed E-state index contributed by atoms with van der Waals surface area (Å²) in [6.07, 6.45) is 5.86. The Balaban J connectivity index is 1.54. The lowest BCUT2D eigenvalue weighted by molar-refractivity contribution is -0.130. The molecule has 0 spiro atoms. The molecule has 0 unspecified atom stereocenters. The summed E-state index contributed by atoms with van der Waals surface area (Å²) in [6.45, 7) is 3.25. The number of ether oxygens (including phenoxy) is 2. The molecule has 10 heteroatoms. The Bertz CT molecular complexity index is 1310. The number of H-pyrrole nitrogens is 1. The molecule has 0 aliphatic carbocycles. The highest BCUT2D eigenvalue weighted by Crippen LogP contribution is 2.43. The molecule has 188 valence electrons. The number of likely N-dealkylation sites (tertiary alicyclic amines) is 1. The molecule has 0 radical (unpaired) electrons. The summed E-state index contributed by atoms with van der Waals surface area (Å²) >= 11 is 6.35. The highest BCUT2D eigenvalue weighted by atomic mass is 35.5. The van der Waals surface area contributed by atoms with Gasteiger partial charge in [-0.3, -0.25) is 14.6 Å². The van der Waals surface area contributed by atoms with Crippen molar-refractivity contribution < 1.29 is 19.1 Å². The summed E-state index contributed by atoms with van der Waals surface area (Å²) in [6, 6.07) is 7.27. The molecule has 2 aromatic heterocycles. The molecule has 1 atom stereocenters. The average Bonchev–Trinajstić information content (AvgIpc) is 3.49. The minimum atomic E-state index is -0.165. The smallest absolute Gasteiger partial charge is 0.255 e. The largest absolute Gasteiger partial charge is 0.493 e. The van der Waals surface area contributed by atoms with Crippen LogP contribution < -0.4 is 20.1 Å². The number of para-hydroxylation sites is 1. The van der Waals surface area contributed by atoms with Crippen LogP contribution in [0.5, 0.6) is 11.5 Å². The molecule has 2 aliphatic rings.